The van der Waals surface area contributed by atoms with Crippen molar-refractivity contribution in [1.29, 1.82) is 0 Å². The highest BCUT2D eigenvalue weighted by Crippen LogP contribution is 2.32. The molecule has 280 valence electrons. The van der Waals surface area contributed by atoms with E-state index in [4.69, 9.17) is 4.74 Å². The molecular weight excluding hydrogens is 667 g/mol. The molecule has 0 unspecified atom stereocenters. The molecule has 1 atom stereocenters. The number of Topliss-reactive ketones (excluding diaryl/α,β-unsaturated/α-hetero) is 2. The van der Waals surface area contributed by atoms with Gasteiger partial charge in [-0.3, -0.25) is 14.4 Å². The molecule has 3 aromatic carbocycles. The van der Waals surface area contributed by atoms with Crippen LogP contribution in [0.3, 0.4) is 0 Å². The molecule has 1 aliphatic heterocycles. The lowest BCUT2D eigenvalue weighted by Gasteiger charge is -2.29. The first-order valence-electron chi connectivity index (χ1n) is 18.8. The van der Waals surface area contributed by atoms with Crippen molar-refractivity contribution in [2.24, 2.45) is 38.9 Å². The number of aliphatic imine (C=N–C) groups is 1. The summed E-state index contributed by atoms with van der Waals surface area (Å²) in [6, 6.07) is 21.3. The van der Waals surface area contributed by atoms with E-state index in [0.717, 1.165) is 59.1 Å². The fourth-order valence-electron chi connectivity index (χ4n) is 6.98. The van der Waals surface area contributed by atoms with Crippen molar-refractivity contribution in [2.75, 3.05) is 18.5 Å². The predicted octanol–water partition coefficient (Wildman–Crippen LogP) is 9.15. The van der Waals surface area contributed by atoms with E-state index in [9.17, 15) is 19.2 Å². The molecule has 0 saturated heterocycles. The van der Waals surface area contributed by atoms with Crippen molar-refractivity contribution < 1.29 is 23.9 Å². The van der Waals surface area contributed by atoms with Crippen LogP contribution in [0.15, 0.2) is 82.0 Å². The zero-order valence-electron chi connectivity index (χ0n) is 31.9. The van der Waals surface area contributed by atoms with E-state index in [-0.39, 0.29) is 35.7 Å². The second-order valence-corrected chi connectivity index (χ2v) is 15.9. The largest absolute Gasteiger partial charge is 0.444 e. The molecule has 53 heavy (non-hydrogen) atoms. The van der Waals surface area contributed by atoms with Gasteiger partial charge in [0.1, 0.15) is 11.4 Å². The van der Waals surface area contributed by atoms with E-state index >= 15 is 0 Å². The van der Waals surface area contributed by atoms with Crippen molar-refractivity contribution in [2.45, 2.75) is 92.1 Å². The lowest BCUT2D eigenvalue weighted by molar-refractivity contribution is -0.129. The molecule has 1 saturated carbocycles. The lowest BCUT2D eigenvalue weighted by Crippen LogP contribution is -2.37. The van der Waals surface area contributed by atoms with Crippen LogP contribution in [0.25, 0.3) is 11.1 Å². The van der Waals surface area contributed by atoms with Crippen LogP contribution in [-0.4, -0.2) is 48.2 Å². The number of carbonyl (C=O) groups excluding carboxylic acids is 4. The van der Waals surface area contributed by atoms with Gasteiger partial charge in [-0.15, -0.1) is 5.11 Å². The molecule has 1 aliphatic carbocycles. The average Bonchev–Trinajstić information content (AvgIpc) is 3.66. The van der Waals surface area contributed by atoms with Crippen LogP contribution >= 0.6 is 0 Å². The Morgan fingerprint density at radius 3 is 2.15 bits per heavy atom. The number of amidine groups is 1. The summed E-state index contributed by atoms with van der Waals surface area (Å²) >= 11 is 0. The van der Waals surface area contributed by atoms with E-state index in [1.54, 1.807) is 0 Å². The Morgan fingerprint density at radius 1 is 0.868 bits per heavy atom. The number of ketones is 2. The number of nitrogens with zero attached hydrogens (tertiary/aromatic N) is 3. The van der Waals surface area contributed by atoms with Gasteiger partial charge < -0.3 is 15.4 Å². The van der Waals surface area contributed by atoms with E-state index in [1.165, 1.54) is 0 Å². The Hall–Kier alpha value is -4.99. The van der Waals surface area contributed by atoms with Gasteiger partial charge in [-0.25, -0.2) is 9.79 Å². The Kier molecular flexibility index (Phi) is 13.1. The number of ether oxygens (including phenoxy) is 1. The Bertz CT molecular complexity index is 1830. The number of aryl methyl sites for hydroxylation is 1. The normalized spacial score (nSPS) is 17.6. The molecule has 0 spiro atoms. The zero-order valence-corrected chi connectivity index (χ0v) is 31.9. The van der Waals surface area contributed by atoms with Gasteiger partial charge in [0.25, 0.3) is 0 Å². The summed E-state index contributed by atoms with van der Waals surface area (Å²) in [5.41, 5.74) is 5.68. The van der Waals surface area contributed by atoms with Crippen LogP contribution in [0.4, 0.5) is 10.5 Å². The molecule has 1 heterocycles. The molecule has 10 heteroatoms. The van der Waals surface area contributed by atoms with Gasteiger partial charge in [0.2, 0.25) is 5.91 Å². The SMILES string of the molecule is Cc1cc(C(=O)CC(C)C)ccc1-c1ccc(C[C@H](CC(=O)C2CCC(CNC(=O)OC(C)(C)C)CC2)C(=O)Nc2ccc(C3=NCN=N3)cc2)cc1. The fraction of sp³-hybridized carbons (Fsp3) is 0.465. The van der Waals surface area contributed by atoms with Crippen molar-refractivity contribution in [3.63, 3.8) is 0 Å². The average molecular weight is 720 g/mol. The molecule has 0 radical (unpaired) electrons. The van der Waals surface area contributed by atoms with Crippen molar-refractivity contribution in [3.05, 3.63) is 89.0 Å². The standard InChI is InChI=1S/C43H53N5O5/c1-27(2)21-38(49)34-17-20-37(28(3)22-34)31-11-7-29(8-12-31)23-35(41(51)47-36-18-15-33(16-19-36)40-45-26-46-48-40)24-39(50)32-13-9-30(10-14-32)25-44-42(52)53-43(4,5)6/h7-8,11-12,15-20,22,27,30,32,35H,9-10,13-14,21,23-26H2,1-6H3,(H,44,52)(H,47,51)/t30?,32?,35-/m1/s1. The summed E-state index contributed by atoms with van der Waals surface area (Å²) in [5.74, 6) is 0.503. The van der Waals surface area contributed by atoms with Gasteiger partial charge in [0.05, 0.1) is 0 Å². The number of carbonyl (C=O) groups is 4. The van der Waals surface area contributed by atoms with E-state index in [1.807, 2.05) is 108 Å². The van der Waals surface area contributed by atoms with Crippen LogP contribution in [0.5, 0.6) is 0 Å². The number of benzene rings is 3. The molecule has 2 amide bonds. The quantitative estimate of drug-likeness (QED) is 0.160. The minimum absolute atomic E-state index is 0.100. The number of nitrogens with one attached hydrogen (secondary N) is 2. The summed E-state index contributed by atoms with van der Waals surface area (Å²) in [6.45, 7) is 12.5. The van der Waals surface area contributed by atoms with E-state index in [0.29, 0.717) is 43.5 Å². The molecule has 2 aliphatic rings. The maximum Gasteiger partial charge on any atom is 0.407 e. The Labute approximate surface area is 313 Å². The summed E-state index contributed by atoms with van der Waals surface area (Å²) in [6.07, 6.45) is 3.75. The van der Waals surface area contributed by atoms with E-state index in [2.05, 4.69) is 25.9 Å². The smallest absolute Gasteiger partial charge is 0.407 e. The number of hydrogen-bond acceptors (Lipinski definition) is 8. The number of anilines is 1. The van der Waals surface area contributed by atoms with Crippen LogP contribution in [-0.2, 0) is 20.7 Å². The molecule has 3 aromatic rings. The first-order chi connectivity index (χ1) is 25.2. The maximum atomic E-state index is 13.9. The molecule has 5 rings (SSSR count). The highest BCUT2D eigenvalue weighted by molar-refractivity contribution is 6.01. The summed E-state index contributed by atoms with van der Waals surface area (Å²) < 4.78 is 5.36. The number of amides is 2. The van der Waals surface area contributed by atoms with Gasteiger partial charge in [-0.05, 0) is 124 Å². The second kappa shape index (κ2) is 17.7. The number of rotatable bonds is 14. The van der Waals surface area contributed by atoms with Crippen LogP contribution in [0.2, 0.25) is 0 Å². The van der Waals surface area contributed by atoms with Gasteiger partial charge in [-0.2, -0.15) is 5.11 Å². The van der Waals surface area contributed by atoms with Crippen LogP contribution in [0.1, 0.15) is 100 Å². The third kappa shape index (κ3) is 11.5. The van der Waals surface area contributed by atoms with Crippen LogP contribution in [0, 0.1) is 30.6 Å². The van der Waals surface area contributed by atoms with Crippen molar-refractivity contribution in [3.8, 4) is 11.1 Å². The third-order valence-corrected chi connectivity index (χ3v) is 9.80. The monoisotopic (exact) mass is 719 g/mol. The van der Waals surface area contributed by atoms with Gasteiger partial charge in [0.15, 0.2) is 18.3 Å². The summed E-state index contributed by atoms with van der Waals surface area (Å²) in [7, 11) is 0. The third-order valence-electron chi connectivity index (χ3n) is 9.80. The minimum atomic E-state index is -0.569. The highest BCUT2D eigenvalue weighted by Gasteiger charge is 2.31. The minimum Gasteiger partial charge on any atom is -0.444 e. The molecular formula is C43H53N5O5. The Balaban J connectivity index is 1.25. The maximum absolute atomic E-state index is 13.9. The molecule has 10 nitrogen and oxygen atoms in total. The number of alkyl carbamates (subject to hydrolysis) is 1. The molecule has 0 aromatic heterocycles. The summed E-state index contributed by atoms with van der Waals surface area (Å²) in [5, 5.41) is 13.9. The highest BCUT2D eigenvalue weighted by atomic mass is 16.6. The van der Waals surface area contributed by atoms with Crippen molar-refractivity contribution in [1.82, 2.24) is 5.32 Å². The van der Waals surface area contributed by atoms with Gasteiger partial charge in [-0.1, -0.05) is 50.2 Å². The zero-order chi connectivity index (χ0) is 38.1. The number of hydrogen-bond donors (Lipinski definition) is 2. The fourth-order valence-corrected chi connectivity index (χ4v) is 6.98. The first-order valence-corrected chi connectivity index (χ1v) is 18.8. The topological polar surface area (TPSA) is 139 Å². The lowest BCUT2D eigenvalue weighted by atomic mass is 9.77. The summed E-state index contributed by atoms with van der Waals surface area (Å²) in [4.78, 5) is 56.6. The molecule has 0 bridgehead atoms. The van der Waals surface area contributed by atoms with E-state index < -0.39 is 17.6 Å². The Morgan fingerprint density at radius 2 is 1.55 bits per heavy atom. The molecule has 2 N–H and O–H groups in total. The van der Waals surface area contributed by atoms with Gasteiger partial charge >= 0.3 is 6.09 Å². The van der Waals surface area contributed by atoms with Crippen LogP contribution < -0.4 is 10.6 Å². The number of azo groups is 1. The van der Waals surface area contributed by atoms with Gasteiger partial charge in [0, 0.05) is 48.0 Å². The second-order valence-electron chi connectivity index (χ2n) is 15.9. The first kappa shape index (κ1) is 39.2. The van der Waals surface area contributed by atoms with Crippen molar-refractivity contribution >= 4 is 35.1 Å². The molecule has 1 fully saturated rings. The predicted molar refractivity (Wildman–Crippen MR) is 208 cm³/mol.